The van der Waals surface area contributed by atoms with Crippen LogP contribution in [0.3, 0.4) is 0 Å². The summed E-state index contributed by atoms with van der Waals surface area (Å²) in [5.74, 6) is 0.00181. The molecule has 1 amide bonds. The molecule has 0 spiro atoms. The minimum atomic E-state index is 0.00181. The molecule has 0 atom stereocenters. The van der Waals surface area contributed by atoms with Gasteiger partial charge in [0.25, 0.3) is 0 Å². The van der Waals surface area contributed by atoms with Gasteiger partial charge in [-0.25, -0.2) is 0 Å². The molecule has 1 heterocycles. The number of carbonyl (C=O) groups excluding carboxylic acids is 1. The third kappa shape index (κ3) is 3.44. The summed E-state index contributed by atoms with van der Waals surface area (Å²) in [5.41, 5.74) is 6.41. The predicted octanol–water partition coefficient (Wildman–Crippen LogP) is 3.50. The summed E-state index contributed by atoms with van der Waals surface area (Å²) in [5, 5.41) is 2.91. The van der Waals surface area contributed by atoms with Crippen molar-refractivity contribution in [2.45, 2.75) is 34.1 Å². The van der Waals surface area contributed by atoms with Gasteiger partial charge in [-0.1, -0.05) is 12.1 Å². The van der Waals surface area contributed by atoms with Crippen LogP contribution in [0.1, 0.15) is 27.9 Å². The van der Waals surface area contributed by atoms with Crippen LogP contribution in [-0.4, -0.2) is 10.9 Å². The van der Waals surface area contributed by atoms with Crippen LogP contribution in [0.15, 0.2) is 30.5 Å². The van der Waals surface area contributed by atoms with Crippen LogP contribution < -0.4 is 5.32 Å². The summed E-state index contributed by atoms with van der Waals surface area (Å²) in [6, 6.07) is 7.90. The molecule has 0 saturated carbocycles. The second-order valence-corrected chi connectivity index (χ2v) is 5.27. The van der Waals surface area contributed by atoms with Crippen molar-refractivity contribution in [3.63, 3.8) is 0 Å². The van der Waals surface area contributed by atoms with Gasteiger partial charge in [-0.15, -0.1) is 0 Å². The van der Waals surface area contributed by atoms with Crippen LogP contribution in [0.5, 0.6) is 0 Å². The van der Waals surface area contributed by atoms with Gasteiger partial charge in [-0.3, -0.25) is 9.78 Å². The number of hydrogen-bond acceptors (Lipinski definition) is 2. The predicted molar refractivity (Wildman–Crippen MR) is 82.0 cm³/mol. The molecule has 2 rings (SSSR count). The molecule has 2 aromatic rings. The number of aromatic nitrogens is 1. The maximum Gasteiger partial charge on any atom is 0.228 e. The van der Waals surface area contributed by atoms with Crippen LogP contribution >= 0.6 is 0 Å². The van der Waals surface area contributed by atoms with Crippen LogP contribution in [0, 0.1) is 27.7 Å². The Balaban J connectivity index is 2.10. The molecule has 0 saturated heterocycles. The number of rotatable bonds is 3. The van der Waals surface area contributed by atoms with Crippen molar-refractivity contribution in [3.8, 4) is 0 Å². The number of aryl methyl sites for hydroxylation is 4. The highest BCUT2D eigenvalue weighted by atomic mass is 16.1. The largest absolute Gasteiger partial charge is 0.326 e. The lowest BCUT2D eigenvalue weighted by atomic mass is 9.98. The van der Waals surface area contributed by atoms with E-state index in [1.54, 1.807) is 12.3 Å². The summed E-state index contributed by atoms with van der Waals surface area (Å²) in [4.78, 5) is 16.2. The van der Waals surface area contributed by atoms with Crippen molar-refractivity contribution in [2.75, 3.05) is 5.32 Å². The first-order chi connectivity index (χ1) is 9.45. The Morgan fingerprint density at radius 1 is 1.05 bits per heavy atom. The summed E-state index contributed by atoms with van der Waals surface area (Å²) in [6.07, 6.45) is 2.10. The maximum atomic E-state index is 12.1. The standard InChI is InChI=1S/C17H20N2O/c1-11-7-13(3)15(8-12(11)2)10-17(20)19-16-5-6-18-14(4)9-16/h5-9H,10H2,1-4H3,(H,18,19,20). The normalized spacial score (nSPS) is 10.4. The van der Waals surface area contributed by atoms with E-state index in [-0.39, 0.29) is 5.91 Å². The Bertz CT molecular complexity index is 647. The summed E-state index contributed by atoms with van der Waals surface area (Å²) < 4.78 is 0. The first kappa shape index (κ1) is 14.3. The van der Waals surface area contributed by atoms with Crippen molar-refractivity contribution < 1.29 is 4.79 Å². The zero-order valence-corrected chi connectivity index (χ0v) is 12.4. The Hall–Kier alpha value is -2.16. The van der Waals surface area contributed by atoms with Crippen molar-refractivity contribution in [3.05, 3.63) is 58.4 Å². The average molecular weight is 268 g/mol. The molecular formula is C17H20N2O. The van der Waals surface area contributed by atoms with E-state index in [1.807, 2.05) is 19.9 Å². The molecule has 20 heavy (non-hydrogen) atoms. The van der Waals surface area contributed by atoms with Crippen molar-refractivity contribution in [1.29, 1.82) is 0 Å². The molecule has 0 aliphatic heterocycles. The average Bonchev–Trinajstić information content (AvgIpc) is 2.36. The minimum Gasteiger partial charge on any atom is -0.326 e. The summed E-state index contributed by atoms with van der Waals surface area (Å²) >= 11 is 0. The molecule has 0 radical (unpaired) electrons. The smallest absolute Gasteiger partial charge is 0.228 e. The second-order valence-electron chi connectivity index (χ2n) is 5.27. The van der Waals surface area contributed by atoms with E-state index in [1.165, 1.54) is 11.1 Å². The number of anilines is 1. The number of benzene rings is 1. The van der Waals surface area contributed by atoms with Crippen LogP contribution in [0.2, 0.25) is 0 Å². The fraction of sp³-hybridized carbons (Fsp3) is 0.294. The van der Waals surface area contributed by atoms with E-state index in [2.05, 4.69) is 36.3 Å². The third-order valence-electron chi connectivity index (χ3n) is 3.48. The molecule has 0 unspecified atom stereocenters. The number of amides is 1. The molecule has 1 aromatic heterocycles. The number of pyridine rings is 1. The molecular weight excluding hydrogens is 248 g/mol. The quantitative estimate of drug-likeness (QED) is 0.925. The lowest BCUT2D eigenvalue weighted by Gasteiger charge is -2.10. The van der Waals surface area contributed by atoms with Gasteiger partial charge < -0.3 is 5.32 Å². The highest BCUT2D eigenvalue weighted by Crippen LogP contribution is 2.16. The fourth-order valence-electron chi connectivity index (χ4n) is 2.21. The molecule has 1 N–H and O–H groups in total. The van der Waals surface area contributed by atoms with E-state index >= 15 is 0 Å². The molecule has 104 valence electrons. The van der Waals surface area contributed by atoms with Crippen molar-refractivity contribution in [2.24, 2.45) is 0 Å². The third-order valence-corrected chi connectivity index (χ3v) is 3.48. The molecule has 0 aliphatic carbocycles. The van der Waals surface area contributed by atoms with E-state index < -0.39 is 0 Å². The van der Waals surface area contributed by atoms with Crippen LogP contribution in [-0.2, 0) is 11.2 Å². The number of nitrogens with zero attached hydrogens (tertiary/aromatic N) is 1. The Labute approximate surface area is 120 Å². The SMILES string of the molecule is Cc1cc(NC(=O)Cc2cc(C)c(C)cc2C)ccn1. The fourth-order valence-corrected chi connectivity index (χ4v) is 2.21. The van der Waals surface area contributed by atoms with E-state index in [9.17, 15) is 4.79 Å². The zero-order chi connectivity index (χ0) is 14.7. The molecule has 0 bridgehead atoms. The molecule has 0 aliphatic rings. The molecule has 3 nitrogen and oxygen atoms in total. The van der Waals surface area contributed by atoms with Gasteiger partial charge in [0.15, 0.2) is 0 Å². The molecule has 1 aromatic carbocycles. The Morgan fingerprint density at radius 2 is 1.75 bits per heavy atom. The van der Waals surface area contributed by atoms with Gasteiger partial charge in [-0.05, 0) is 62.1 Å². The number of hydrogen-bond donors (Lipinski definition) is 1. The first-order valence-corrected chi connectivity index (χ1v) is 6.75. The summed E-state index contributed by atoms with van der Waals surface area (Å²) in [6.45, 7) is 8.11. The Kier molecular flexibility index (Phi) is 4.18. The van der Waals surface area contributed by atoms with Gasteiger partial charge >= 0.3 is 0 Å². The van der Waals surface area contributed by atoms with E-state index in [0.29, 0.717) is 6.42 Å². The van der Waals surface area contributed by atoms with Crippen LogP contribution in [0.4, 0.5) is 5.69 Å². The van der Waals surface area contributed by atoms with Crippen molar-refractivity contribution in [1.82, 2.24) is 4.98 Å². The van der Waals surface area contributed by atoms with Crippen LogP contribution in [0.25, 0.3) is 0 Å². The first-order valence-electron chi connectivity index (χ1n) is 6.75. The van der Waals surface area contributed by atoms with E-state index in [4.69, 9.17) is 0 Å². The van der Waals surface area contributed by atoms with E-state index in [0.717, 1.165) is 22.5 Å². The lowest BCUT2D eigenvalue weighted by molar-refractivity contribution is -0.115. The monoisotopic (exact) mass is 268 g/mol. The van der Waals surface area contributed by atoms with Gasteiger partial charge in [0, 0.05) is 17.6 Å². The lowest BCUT2D eigenvalue weighted by Crippen LogP contribution is -2.15. The Morgan fingerprint density at radius 3 is 2.45 bits per heavy atom. The topological polar surface area (TPSA) is 42.0 Å². The highest BCUT2D eigenvalue weighted by molar-refractivity contribution is 5.92. The molecule has 3 heteroatoms. The highest BCUT2D eigenvalue weighted by Gasteiger charge is 2.08. The number of carbonyl (C=O) groups is 1. The zero-order valence-electron chi connectivity index (χ0n) is 12.4. The summed E-state index contributed by atoms with van der Waals surface area (Å²) in [7, 11) is 0. The number of nitrogens with one attached hydrogen (secondary N) is 1. The second kappa shape index (κ2) is 5.87. The molecule has 0 fully saturated rings. The minimum absolute atomic E-state index is 0.00181. The van der Waals surface area contributed by atoms with Gasteiger partial charge in [-0.2, -0.15) is 0 Å². The van der Waals surface area contributed by atoms with Gasteiger partial charge in [0.1, 0.15) is 0 Å². The van der Waals surface area contributed by atoms with Crippen molar-refractivity contribution >= 4 is 11.6 Å². The maximum absolute atomic E-state index is 12.1. The van der Waals surface area contributed by atoms with Gasteiger partial charge in [0.05, 0.1) is 6.42 Å². The van der Waals surface area contributed by atoms with Gasteiger partial charge in [0.2, 0.25) is 5.91 Å².